The number of piperidine rings is 1. The molecular weight excluding hydrogens is 840 g/mol. The minimum Gasteiger partial charge on any atom is -0.493 e. The molecule has 344 valence electrons. The fourth-order valence-electron chi connectivity index (χ4n) is 10.3. The van der Waals surface area contributed by atoms with Crippen molar-refractivity contribution in [1.82, 2.24) is 19.4 Å². The molecule has 3 aliphatic rings. The van der Waals surface area contributed by atoms with Crippen molar-refractivity contribution in [2.75, 3.05) is 44.1 Å². The molecule has 1 aromatic heterocycles. The smallest absolute Gasteiger partial charge is 0.329 e. The number of aromatic nitrogens is 2. The van der Waals surface area contributed by atoms with Crippen LogP contribution < -0.4 is 30.3 Å². The molecule has 8 rings (SSSR count). The van der Waals surface area contributed by atoms with Crippen LogP contribution in [0.1, 0.15) is 106 Å². The summed E-state index contributed by atoms with van der Waals surface area (Å²) in [7, 11) is 7.82. The van der Waals surface area contributed by atoms with E-state index in [1.54, 1.807) is 18.7 Å². The van der Waals surface area contributed by atoms with E-state index in [0.717, 1.165) is 77.9 Å². The van der Waals surface area contributed by atoms with Crippen molar-refractivity contribution in [2.45, 2.75) is 109 Å². The predicted octanol–water partition coefficient (Wildman–Crippen LogP) is 8.79. The number of benzene rings is 4. The molecule has 0 radical (unpaired) electrons. The van der Waals surface area contributed by atoms with Crippen molar-refractivity contribution >= 4 is 51.7 Å². The summed E-state index contributed by atoms with van der Waals surface area (Å²) >= 11 is 6.33. The molecule has 0 spiro atoms. The maximum absolute atomic E-state index is 14.1. The van der Waals surface area contributed by atoms with Gasteiger partial charge < -0.3 is 24.2 Å². The highest BCUT2D eigenvalue weighted by molar-refractivity contribution is 6.30. The summed E-state index contributed by atoms with van der Waals surface area (Å²) in [5.74, 6) is 1.22. The van der Waals surface area contributed by atoms with Gasteiger partial charge in [0.05, 0.1) is 36.7 Å². The SMILES string of the molecule is COc1cc2c(cc1OC(C)C)C(c1ccc(Cl)cc1)N(c1ccc(N(C)CC3CCC(N(C)CCCCCc4ccc5c(c4)n(C)c(=O)n5C4CCC(=O)NC4=O)CC3)cc1)C(=O)C2. The third-order valence-corrected chi connectivity index (χ3v) is 14.1. The monoisotopic (exact) mass is 902 g/mol. The highest BCUT2D eigenvalue weighted by Gasteiger charge is 2.37. The molecular formula is C52H63ClN6O6. The Kier molecular flexibility index (Phi) is 14.1. The summed E-state index contributed by atoms with van der Waals surface area (Å²) in [4.78, 5) is 58.3. The number of amides is 3. The first kappa shape index (κ1) is 46.0. The number of imide groups is 1. The zero-order chi connectivity index (χ0) is 45.9. The maximum Gasteiger partial charge on any atom is 0.329 e. The van der Waals surface area contributed by atoms with Crippen LogP contribution in [-0.4, -0.2) is 78.2 Å². The van der Waals surface area contributed by atoms with Gasteiger partial charge in [-0.1, -0.05) is 36.2 Å². The van der Waals surface area contributed by atoms with Gasteiger partial charge in [0.15, 0.2) is 11.5 Å². The van der Waals surface area contributed by atoms with Crippen LogP contribution >= 0.6 is 11.6 Å². The van der Waals surface area contributed by atoms with E-state index in [4.69, 9.17) is 21.1 Å². The van der Waals surface area contributed by atoms with E-state index in [1.807, 2.05) is 61.2 Å². The second-order valence-corrected chi connectivity index (χ2v) is 19.1. The number of hydrogen-bond acceptors (Lipinski definition) is 8. The van der Waals surface area contributed by atoms with E-state index in [1.165, 1.54) is 35.8 Å². The minimum atomic E-state index is -0.671. The van der Waals surface area contributed by atoms with Crippen LogP contribution in [0, 0.1) is 5.92 Å². The molecule has 3 heterocycles. The van der Waals surface area contributed by atoms with Crippen molar-refractivity contribution < 1.29 is 23.9 Å². The Hall–Kier alpha value is -5.59. The Bertz CT molecular complexity index is 2580. The number of aryl methyl sites for hydroxylation is 2. The van der Waals surface area contributed by atoms with Gasteiger partial charge in [-0.25, -0.2) is 4.79 Å². The van der Waals surface area contributed by atoms with E-state index in [2.05, 4.69) is 65.6 Å². The minimum absolute atomic E-state index is 0.0190. The molecule has 4 aromatic carbocycles. The normalized spacial score (nSPS) is 20.1. The second-order valence-electron chi connectivity index (χ2n) is 18.6. The summed E-state index contributed by atoms with van der Waals surface area (Å²) in [6.45, 7) is 6.05. The van der Waals surface area contributed by atoms with Gasteiger partial charge in [-0.05, 0) is 168 Å². The van der Waals surface area contributed by atoms with E-state index >= 15 is 0 Å². The van der Waals surface area contributed by atoms with Gasteiger partial charge >= 0.3 is 5.69 Å². The van der Waals surface area contributed by atoms with Gasteiger partial charge in [-0.15, -0.1) is 0 Å². The number of carbonyl (C=O) groups excluding carboxylic acids is 3. The number of imidazole rings is 1. The molecule has 5 aromatic rings. The molecule has 2 fully saturated rings. The lowest BCUT2D eigenvalue weighted by Crippen LogP contribution is -2.44. The standard InChI is InChI=1S/C52H63ClN6O6/c1-33(2)65-47-31-42-37(29-46(47)64-6)30-49(61)58(50(42)36-14-16-38(53)17-15-36)41-22-20-40(21-23-41)56(4)32-35-11-18-39(19-12-35)55(3)27-9-7-8-10-34-13-24-43-45(28-34)57(5)52(63)59(43)44-25-26-48(60)54-51(44)62/h13-17,20-24,28-29,31,33,35,39,44,50H,7-12,18-19,25-27,30,32H2,1-6H3,(H,54,60,62). The third-order valence-electron chi connectivity index (χ3n) is 13.8. The van der Waals surface area contributed by atoms with E-state index in [9.17, 15) is 19.2 Å². The fraction of sp³-hybridized carbons (Fsp3) is 0.462. The number of rotatable bonds is 16. The molecule has 3 amide bonds. The van der Waals surface area contributed by atoms with Crippen LogP contribution in [0.3, 0.4) is 0 Å². The molecule has 0 bridgehead atoms. The Morgan fingerprint density at radius 3 is 2.26 bits per heavy atom. The molecule has 1 saturated carbocycles. The highest BCUT2D eigenvalue weighted by atomic mass is 35.5. The van der Waals surface area contributed by atoms with Gasteiger partial charge in [0.1, 0.15) is 6.04 Å². The van der Waals surface area contributed by atoms with Crippen molar-refractivity contribution in [1.29, 1.82) is 0 Å². The molecule has 12 nitrogen and oxygen atoms in total. The molecule has 1 aliphatic carbocycles. The first-order valence-electron chi connectivity index (χ1n) is 23.3. The summed E-state index contributed by atoms with van der Waals surface area (Å²) in [6.07, 6.45) is 9.84. The van der Waals surface area contributed by atoms with Crippen LogP contribution in [0.25, 0.3) is 11.0 Å². The van der Waals surface area contributed by atoms with Crippen LogP contribution in [0.15, 0.2) is 83.7 Å². The summed E-state index contributed by atoms with van der Waals surface area (Å²) in [6, 6.07) is 25.8. The predicted molar refractivity (Wildman–Crippen MR) is 257 cm³/mol. The zero-order valence-electron chi connectivity index (χ0n) is 38.6. The molecule has 13 heteroatoms. The maximum atomic E-state index is 14.1. The van der Waals surface area contributed by atoms with Gasteiger partial charge in [0, 0.05) is 49.5 Å². The quantitative estimate of drug-likeness (QED) is 0.0772. The van der Waals surface area contributed by atoms with Gasteiger partial charge in [0.2, 0.25) is 17.7 Å². The van der Waals surface area contributed by atoms with Crippen molar-refractivity contribution in [2.24, 2.45) is 13.0 Å². The third kappa shape index (κ3) is 9.99. The number of halogens is 1. The van der Waals surface area contributed by atoms with Crippen LogP contribution in [-0.2, 0) is 34.3 Å². The lowest BCUT2D eigenvalue weighted by Gasteiger charge is -2.38. The topological polar surface area (TPSA) is 118 Å². The molecule has 1 saturated heterocycles. The fourth-order valence-corrected chi connectivity index (χ4v) is 10.4. The molecule has 2 aliphatic heterocycles. The summed E-state index contributed by atoms with van der Waals surface area (Å²) in [5.41, 5.74) is 7.37. The van der Waals surface area contributed by atoms with Crippen molar-refractivity contribution in [3.05, 3.63) is 117 Å². The lowest BCUT2D eigenvalue weighted by atomic mass is 9.85. The van der Waals surface area contributed by atoms with Gasteiger partial charge in [-0.2, -0.15) is 0 Å². The van der Waals surface area contributed by atoms with Gasteiger partial charge in [-0.3, -0.25) is 28.8 Å². The van der Waals surface area contributed by atoms with Crippen LogP contribution in [0.2, 0.25) is 5.02 Å². The Morgan fingerprint density at radius 1 is 0.831 bits per heavy atom. The van der Waals surface area contributed by atoms with Gasteiger partial charge in [0.25, 0.3) is 0 Å². The molecule has 65 heavy (non-hydrogen) atoms. The molecule has 1 N–H and O–H groups in total. The molecule has 2 atom stereocenters. The van der Waals surface area contributed by atoms with Crippen molar-refractivity contribution in [3.8, 4) is 11.5 Å². The number of methoxy groups -OCH3 is 1. The number of unbranched alkanes of at least 4 members (excludes halogenated alkanes) is 2. The largest absolute Gasteiger partial charge is 0.493 e. The number of anilines is 2. The first-order valence-corrected chi connectivity index (χ1v) is 23.7. The average Bonchev–Trinajstić information content (AvgIpc) is 3.53. The highest BCUT2D eigenvalue weighted by Crippen LogP contribution is 2.44. The number of fused-ring (bicyclic) bond motifs is 2. The average molecular weight is 904 g/mol. The van der Waals surface area contributed by atoms with E-state index < -0.39 is 11.9 Å². The number of ether oxygens (including phenoxy) is 2. The zero-order valence-corrected chi connectivity index (χ0v) is 39.4. The number of hydrogen-bond donors (Lipinski definition) is 1. The van der Waals surface area contributed by atoms with Crippen molar-refractivity contribution in [3.63, 3.8) is 0 Å². The summed E-state index contributed by atoms with van der Waals surface area (Å²) < 4.78 is 15.0. The Labute approximate surface area is 387 Å². The first-order chi connectivity index (χ1) is 31.3. The Morgan fingerprint density at radius 2 is 1.57 bits per heavy atom. The Balaban J connectivity index is 0.821. The lowest BCUT2D eigenvalue weighted by molar-refractivity contribution is -0.135. The van der Waals surface area contributed by atoms with Crippen LogP contribution in [0.4, 0.5) is 11.4 Å². The molecule has 2 unspecified atom stereocenters. The second kappa shape index (κ2) is 19.9. The van der Waals surface area contributed by atoms with E-state index in [0.29, 0.717) is 34.9 Å². The number of nitrogens with one attached hydrogen (secondary N) is 1. The summed E-state index contributed by atoms with van der Waals surface area (Å²) in [5, 5.41) is 3.02. The number of carbonyl (C=O) groups is 3. The number of nitrogens with zero attached hydrogens (tertiary/aromatic N) is 5. The van der Waals surface area contributed by atoms with E-state index in [-0.39, 0.29) is 42.5 Å². The van der Waals surface area contributed by atoms with Crippen LogP contribution in [0.5, 0.6) is 11.5 Å².